The molecule has 1 aliphatic rings. The van der Waals surface area contributed by atoms with Crippen LogP contribution in [0.15, 0.2) is 54.6 Å². The van der Waals surface area contributed by atoms with Gasteiger partial charge in [0.25, 0.3) is 0 Å². The molecule has 0 radical (unpaired) electrons. The van der Waals surface area contributed by atoms with Crippen molar-refractivity contribution in [3.8, 4) is 5.75 Å². The maximum atomic E-state index is 13.8. The molecule has 3 unspecified atom stereocenters. The minimum atomic E-state index is -1.61. The normalized spacial score (nSPS) is 21.9. The summed E-state index contributed by atoms with van der Waals surface area (Å²) < 4.78 is 11.1. The Labute approximate surface area is 243 Å². The fraction of sp³-hybridized carbons (Fsp3) is 0.562. The quantitative estimate of drug-likeness (QED) is 0.231. The summed E-state index contributed by atoms with van der Waals surface area (Å²) in [5, 5.41) is 34.0. The van der Waals surface area contributed by atoms with Crippen LogP contribution in [0.2, 0.25) is 0 Å². The number of rotatable bonds is 13. The van der Waals surface area contributed by atoms with Gasteiger partial charge in [0.05, 0.1) is 30.8 Å². The van der Waals surface area contributed by atoms with E-state index in [-0.39, 0.29) is 38.4 Å². The monoisotopic (exact) mass is 570 g/mol. The van der Waals surface area contributed by atoms with Gasteiger partial charge in [-0.25, -0.2) is 0 Å². The van der Waals surface area contributed by atoms with Gasteiger partial charge in [-0.2, -0.15) is 0 Å². The van der Waals surface area contributed by atoms with E-state index in [4.69, 9.17) is 20.3 Å². The van der Waals surface area contributed by atoms with E-state index < -0.39 is 47.2 Å². The highest BCUT2D eigenvalue weighted by Crippen LogP contribution is 2.29. The van der Waals surface area contributed by atoms with Gasteiger partial charge in [0, 0.05) is 6.42 Å². The molecule has 1 fully saturated rings. The molecule has 6 N–H and O–H groups in total. The topological polar surface area (TPSA) is 151 Å². The van der Waals surface area contributed by atoms with Crippen molar-refractivity contribution in [1.82, 2.24) is 5.32 Å². The van der Waals surface area contributed by atoms with Crippen LogP contribution in [0.1, 0.15) is 58.1 Å². The first-order chi connectivity index (χ1) is 19.3. The van der Waals surface area contributed by atoms with Crippen LogP contribution in [-0.4, -0.2) is 69.8 Å². The van der Waals surface area contributed by atoms with Gasteiger partial charge >= 0.3 is 5.97 Å². The van der Waals surface area contributed by atoms with Crippen LogP contribution in [-0.2, 0) is 27.2 Å². The highest BCUT2D eigenvalue weighted by Gasteiger charge is 2.43. The summed E-state index contributed by atoms with van der Waals surface area (Å²) in [4.78, 5) is 27.1. The Kier molecular flexibility index (Phi) is 11.3. The summed E-state index contributed by atoms with van der Waals surface area (Å²) in [6.45, 7) is 7.30. The number of benzene rings is 2. The second kappa shape index (κ2) is 14.3. The van der Waals surface area contributed by atoms with Gasteiger partial charge in [0.1, 0.15) is 23.5 Å². The fourth-order valence-corrected chi connectivity index (χ4v) is 5.32. The Bertz CT molecular complexity index is 1110. The van der Waals surface area contributed by atoms with Crippen LogP contribution in [0.5, 0.6) is 5.75 Å². The van der Waals surface area contributed by atoms with E-state index in [0.29, 0.717) is 12.2 Å². The molecule has 0 aromatic heterocycles. The van der Waals surface area contributed by atoms with E-state index >= 15 is 0 Å². The summed E-state index contributed by atoms with van der Waals surface area (Å²) in [6.07, 6.45) is -0.546. The maximum absolute atomic E-state index is 13.8. The second-order valence-corrected chi connectivity index (χ2v) is 12.3. The van der Waals surface area contributed by atoms with Gasteiger partial charge in [0.15, 0.2) is 0 Å². The van der Waals surface area contributed by atoms with Gasteiger partial charge in [-0.15, -0.1) is 0 Å². The number of aliphatic hydroxyl groups is 3. The van der Waals surface area contributed by atoms with E-state index in [0.717, 1.165) is 17.5 Å². The third kappa shape index (κ3) is 9.53. The standard InChI is InChI=1S/C32H46N2O7/c1-21-10-15-26(36)28(21)34-30(39)32(33,19-23-11-13-24(14-12-23)40-17-16-35)20-27(37)25(29(38)41-31(2,3)4)18-22-8-6-5-7-9-22/h5-9,11-14,21,25-28,35-37H,10,15-20,33H2,1-4H3,(H,34,39)/t21?,25-,26?,27-,28?,32+/m0/s1. The molecule has 0 bridgehead atoms. The van der Waals surface area contributed by atoms with Crippen molar-refractivity contribution >= 4 is 11.9 Å². The first-order valence-electron chi connectivity index (χ1n) is 14.4. The van der Waals surface area contributed by atoms with Crippen molar-refractivity contribution in [1.29, 1.82) is 0 Å². The Hall–Kier alpha value is -2.98. The molecule has 9 nitrogen and oxygen atoms in total. The van der Waals surface area contributed by atoms with Crippen molar-refractivity contribution in [2.75, 3.05) is 13.2 Å². The molecule has 0 aliphatic heterocycles. The summed E-state index contributed by atoms with van der Waals surface area (Å²) in [7, 11) is 0. The van der Waals surface area contributed by atoms with Crippen molar-refractivity contribution in [3.63, 3.8) is 0 Å². The Morgan fingerprint density at radius 3 is 2.27 bits per heavy atom. The summed E-state index contributed by atoms with van der Waals surface area (Å²) >= 11 is 0. The zero-order chi connectivity index (χ0) is 30.2. The van der Waals surface area contributed by atoms with E-state index in [1.165, 1.54) is 0 Å². The third-order valence-electron chi connectivity index (χ3n) is 7.54. The van der Waals surface area contributed by atoms with Gasteiger partial charge < -0.3 is 35.8 Å². The molecular weight excluding hydrogens is 524 g/mol. The zero-order valence-corrected chi connectivity index (χ0v) is 24.6. The molecule has 6 atom stereocenters. The van der Waals surface area contributed by atoms with Crippen molar-refractivity contribution in [2.24, 2.45) is 17.6 Å². The summed E-state index contributed by atoms with van der Waals surface area (Å²) in [5.41, 5.74) is 6.05. The molecular formula is C32H46N2O7. The number of ether oxygens (including phenoxy) is 2. The molecule has 2 aromatic carbocycles. The number of carbonyl (C=O) groups excluding carboxylic acids is 2. The number of aliphatic hydroxyl groups excluding tert-OH is 3. The van der Waals surface area contributed by atoms with Gasteiger partial charge in [0.2, 0.25) is 5.91 Å². The average molecular weight is 571 g/mol. The minimum absolute atomic E-state index is 0.0682. The molecule has 1 saturated carbocycles. The smallest absolute Gasteiger partial charge is 0.312 e. The molecule has 2 aromatic rings. The number of hydrogen-bond acceptors (Lipinski definition) is 8. The van der Waals surface area contributed by atoms with E-state index in [1.807, 2.05) is 37.3 Å². The van der Waals surface area contributed by atoms with E-state index in [2.05, 4.69) is 5.32 Å². The van der Waals surface area contributed by atoms with Gasteiger partial charge in [-0.05, 0) is 75.6 Å². The van der Waals surface area contributed by atoms with E-state index in [1.54, 1.807) is 45.0 Å². The fourth-order valence-electron chi connectivity index (χ4n) is 5.32. The van der Waals surface area contributed by atoms with Crippen molar-refractivity contribution in [3.05, 3.63) is 65.7 Å². The lowest BCUT2D eigenvalue weighted by Gasteiger charge is -2.35. The average Bonchev–Trinajstić information content (AvgIpc) is 3.22. The number of nitrogens with one attached hydrogen (secondary N) is 1. The van der Waals surface area contributed by atoms with Crippen LogP contribution in [0.3, 0.4) is 0 Å². The second-order valence-electron chi connectivity index (χ2n) is 12.3. The summed E-state index contributed by atoms with van der Waals surface area (Å²) in [5.74, 6) is -1.40. The highest BCUT2D eigenvalue weighted by molar-refractivity contribution is 5.87. The molecule has 226 valence electrons. The minimum Gasteiger partial charge on any atom is -0.491 e. The Morgan fingerprint density at radius 1 is 1.05 bits per heavy atom. The molecule has 0 saturated heterocycles. The van der Waals surface area contributed by atoms with Crippen molar-refractivity contribution < 1.29 is 34.4 Å². The molecule has 41 heavy (non-hydrogen) atoms. The van der Waals surface area contributed by atoms with Crippen LogP contribution in [0.4, 0.5) is 0 Å². The Balaban J connectivity index is 1.89. The predicted molar refractivity (Wildman–Crippen MR) is 156 cm³/mol. The van der Waals surface area contributed by atoms with Crippen LogP contribution in [0, 0.1) is 11.8 Å². The van der Waals surface area contributed by atoms with Crippen molar-refractivity contribution in [2.45, 2.75) is 89.2 Å². The SMILES string of the molecule is CC1CCC(O)C1NC(=O)[C@@](N)(Cc1ccc(OCCO)cc1)C[C@H](O)[C@H](Cc1ccccc1)C(=O)OC(C)(C)C. The first-order valence-corrected chi connectivity index (χ1v) is 14.4. The lowest BCUT2D eigenvalue weighted by molar-refractivity contribution is -0.165. The molecule has 1 amide bonds. The first kappa shape index (κ1) is 32.5. The zero-order valence-electron chi connectivity index (χ0n) is 24.6. The maximum Gasteiger partial charge on any atom is 0.312 e. The lowest BCUT2D eigenvalue weighted by atomic mass is 9.80. The number of carbonyl (C=O) groups is 2. The number of nitrogens with two attached hydrogens (primary N) is 1. The van der Waals surface area contributed by atoms with E-state index in [9.17, 15) is 19.8 Å². The number of hydrogen-bond donors (Lipinski definition) is 5. The third-order valence-corrected chi connectivity index (χ3v) is 7.54. The predicted octanol–water partition coefficient (Wildman–Crippen LogP) is 2.52. The molecule has 9 heteroatoms. The largest absolute Gasteiger partial charge is 0.491 e. The van der Waals surface area contributed by atoms with Gasteiger partial charge in [-0.1, -0.05) is 49.4 Å². The number of amides is 1. The van der Waals surface area contributed by atoms with Crippen LogP contribution < -0.4 is 15.8 Å². The van der Waals surface area contributed by atoms with Gasteiger partial charge in [-0.3, -0.25) is 9.59 Å². The molecule has 1 aliphatic carbocycles. The number of esters is 1. The van der Waals surface area contributed by atoms with Crippen LogP contribution >= 0.6 is 0 Å². The summed E-state index contributed by atoms with van der Waals surface area (Å²) in [6, 6.07) is 15.9. The highest BCUT2D eigenvalue weighted by atomic mass is 16.6. The molecule has 3 rings (SSSR count). The lowest BCUT2D eigenvalue weighted by Crippen LogP contribution is -2.61. The molecule has 0 spiro atoms. The molecule has 0 heterocycles. The van der Waals surface area contributed by atoms with Crippen LogP contribution in [0.25, 0.3) is 0 Å². The Morgan fingerprint density at radius 2 is 1.71 bits per heavy atom.